The number of hydrogen-bond acceptors (Lipinski definition) is 4. The highest BCUT2D eigenvalue weighted by molar-refractivity contribution is 7.92. The molecule has 0 saturated heterocycles. The third-order valence-electron chi connectivity index (χ3n) is 7.47. The monoisotopic (exact) mass is 669 g/mol. The number of hydrogen-bond donors (Lipinski definition) is 1. The van der Waals surface area contributed by atoms with Crippen LogP contribution in [0.3, 0.4) is 0 Å². The van der Waals surface area contributed by atoms with E-state index in [0.29, 0.717) is 28.9 Å². The summed E-state index contributed by atoms with van der Waals surface area (Å²) < 4.78 is 84.7. The molecule has 1 unspecified atom stereocenters. The number of carbonyl (C=O) groups excluding carboxylic acids is 2. The fourth-order valence-corrected chi connectivity index (χ4v) is 6.38. The Morgan fingerprint density at radius 2 is 1.49 bits per heavy atom. The molecule has 47 heavy (non-hydrogen) atoms. The Kier molecular flexibility index (Phi) is 11.8. The number of anilines is 1. The van der Waals surface area contributed by atoms with Crippen molar-refractivity contribution in [2.24, 2.45) is 0 Å². The molecule has 2 amide bonds. The van der Waals surface area contributed by atoms with Crippen LogP contribution in [0.2, 0.25) is 0 Å². The molecule has 1 N–H and O–H groups in total. The van der Waals surface area contributed by atoms with Crippen LogP contribution in [0.1, 0.15) is 36.5 Å². The number of unbranched alkanes of at least 4 members (excludes halogenated alkanes) is 1. The van der Waals surface area contributed by atoms with E-state index in [4.69, 9.17) is 0 Å². The first-order valence-corrected chi connectivity index (χ1v) is 16.5. The molecular formula is C35H35F4N3O4S. The first-order valence-electron chi connectivity index (χ1n) is 15.0. The molecule has 0 aromatic heterocycles. The number of halogens is 4. The minimum atomic E-state index is -4.80. The van der Waals surface area contributed by atoms with Gasteiger partial charge in [0.15, 0.2) is 0 Å². The Hall–Kier alpha value is -4.71. The number of alkyl halides is 3. The molecule has 0 radical (unpaired) electrons. The Morgan fingerprint density at radius 1 is 0.851 bits per heavy atom. The molecule has 0 aliphatic heterocycles. The van der Waals surface area contributed by atoms with Crippen molar-refractivity contribution in [3.05, 3.63) is 132 Å². The second-order valence-corrected chi connectivity index (χ2v) is 12.7. The van der Waals surface area contributed by atoms with Gasteiger partial charge in [-0.15, -0.1) is 0 Å². The average molecular weight is 670 g/mol. The van der Waals surface area contributed by atoms with Gasteiger partial charge in [0, 0.05) is 25.1 Å². The van der Waals surface area contributed by atoms with Crippen LogP contribution in [-0.2, 0) is 38.8 Å². The maximum Gasteiger partial charge on any atom is 0.416 e. The van der Waals surface area contributed by atoms with Crippen LogP contribution >= 0.6 is 0 Å². The van der Waals surface area contributed by atoms with Crippen LogP contribution in [0, 0.1) is 5.82 Å². The van der Waals surface area contributed by atoms with Crippen LogP contribution in [0.5, 0.6) is 0 Å². The predicted octanol–water partition coefficient (Wildman–Crippen LogP) is 6.60. The van der Waals surface area contributed by atoms with Crippen molar-refractivity contribution in [1.82, 2.24) is 10.2 Å². The summed E-state index contributed by atoms with van der Waals surface area (Å²) in [4.78, 5) is 28.9. The van der Waals surface area contributed by atoms with Crippen molar-refractivity contribution >= 4 is 27.5 Å². The summed E-state index contributed by atoms with van der Waals surface area (Å²) >= 11 is 0. The van der Waals surface area contributed by atoms with E-state index in [9.17, 15) is 35.6 Å². The Morgan fingerprint density at radius 3 is 2.13 bits per heavy atom. The van der Waals surface area contributed by atoms with Gasteiger partial charge in [-0.1, -0.05) is 86.1 Å². The molecule has 0 saturated carbocycles. The third-order valence-corrected chi connectivity index (χ3v) is 9.26. The van der Waals surface area contributed by atoms with E-state index >= 15 is 0 Å². The lowest BCUT2D eigenvalue weighted by molar-refractivity contribution is -0.140. The molecule has 0 aliphatic rings. The van der Waals surface area contributed by atoms with Crippen molar-refractivity contribution < 1.29 is 35.6 Å². The Bertz CT molecular complexity index is 1750. The van der Waals surface area contributed by atoms with Gasteiger partial charge in [-0.05, 0) is 48.4 Å². The number of sulfonamides is 1. The second kappa shape index (κ2) is 15.7. The first-order chi connectivity index (χ1) is 22.4. The van der Waals surface area contributed by atoms with E-state index < -0.39 is 64.2 Å². The predicted molar refractivity (Wildman–Crippen MR) is 171 cm³/mol. The Balaban J connectivity index is 1.83. The van der Waals surface area contributed by atoms with Crippen LogP contribution in [-0.4, -0.2) is 44.3 Å². The fraction of sp³-hybridized carbons (Fsp3) is 0.257. The minimum Gasteiger partial charge on any atom is -0.354 e. The van der Waals surface area contributed by atoms with Gasteiger partial charge in [0.2, 0.25) is 11.8 Å². The average Bonchev–Trinajstić information content (AvgIpc) is 3.06. The van der Waals surface area contributed by atoms with Gasteiger partial charge in [-0.25, -0.2) is 12.8 Å². The molecule has 248 valence electrons. The quantitative estimate of drug-likeness (QED) is 0.121. The summed E-state index contributed by atoms with van der Waals surface area (Å²) in [6.45, 7) is 0.866. The minimum absolute atomic E-state index is 0.00792. The standard InChI is InChI=1S/C35H35F4N3O4S/c1-2-3-21-40-34(44)32(22-26-13-6-4-7-14-26)41(24-27-15-10-11-20-31(27)36)33(43)25-42(47(45,46)30-18-8-5-9-19-30)29-17-12-16-28(23-29)35(37,38)39/h4-20,23,32H,2-3,21-22,24-25H2,1H3,(H,40,44). The van der Waals surface area contributed by atoms with Gasteiger partial charge in [-0.3, -0.25) is 13.9 Å². The number of nitrogens with one attached hydrogen (secondary N) is 1. The maximum absolute atomic E-state index is 15.0. The molecule has 0 spiro atoms. The summed E-state index contributed by atoms with van der Waals surface area (Å²) in [6.07, 6.45) is -3.35. The SMILES string of the molecule is CCCCNC(=O)C(Cc1ccccc1)N(Cc1ccccc1F)C(=O)CN(c1cccc(C(F)(F)F)c1)S(=O)(=O)c1ccccc1. The van der Waals surface area contributed by atoms with Gasteiger partial charge >= 0.3 is 6.18 Å². The van der Waals surface area contributed by atoms with E-state index in [-0.39, 0.29) is 16.9 Å². The van der Waals surface area contributed by atoms with Crippen molar-refractivity contribution in [2.75, 3.05) is 17.4 Å². The third kappa shape index (κ3) is 9.19. The molecule has 7 nitrogen and oxygen atoms in total. The molecule has 0 heterocycles. The maximum atomic E-state index is 15.0. The molecule has 4 aromatic rings. The number of carbonyl (C=O) groups is 2. The molecule has 1 atom stereocenters. The molecule has 0 aliphatic carbocycles. The van der Waals surface area contributed by atoms with Crippen LogP contribution in [0.4, 0.5) is 23.2 Å². The normalized spacial score (nSPS) is 12.3. The van der Waals surface area contributed by atoms with Gasteiger partial charge < -0.3 is 10.2 Å². The summed E-state index contributed by atoms with van der Waals surface area (Å²) in [5.74, 6) is -2.11. The highest BCUT2D eigenvalue weighted by Gasteiger charge is 2.36. The molecule has 4 rings (SSSR count). The van der Waals surface area contributed by atoms with Crippen LogP contribution < -0.4 is 9.62 Å². The largest absolute Gasteiger partial charge is 0.416 e. The van der Waals surface area contributed by atoms with Crippen molar-refractivity contribution in [1.29, 1.82) is 0 Å². The highest BCUT2D eigenvalue weighted by atomic mass is 32.2. The summed E-state index contributed by atoms with van der Waals surface area (Å²) in [5, 5.41) is 2.82. The second-order valence-electron chi connectivity index (χ2n) is 10.8. The highest BCUT2D eigenvalue weighted by Crippen LogP contribution is 2.33. The van der Waals surface area contributed by atoms with E-state index in [2.05, 4.69) is 5.32 Å². The topological polar surface area (TPSA) is 86.8 Å². The number of nitrogens with zero attached hydrogens (tertiary/aromatic N) is 2. The number of amides is 2. The lowest BCUT2D eigenvalue weighted by Gasteiger charge is -2.34. The van der Waals surface area contributed by atoms with Gasteiger partial charge in [0.25, 0.3) is 10.0 Å². The zero-order chi connectivity index (χ0) is 34.0. The molecular weight excluding hydrogens is 634 g/mol. The smallest absolute Gasteiger partial charge is 0.354 e. The van der Waals surface area contributed by atoms with Gasteiger partial charge in [-0.2, -0.15) is 13.2 Å². The molecule has 0 fully saturated rings. The molecule has 0 bridgehead atoms. The van der Waals surface area contributed by atoms with Crippen LogP contribution in [0.15, 0.2) is 114 Å². The van der Waals surface area contributed by atoms with Crippen LogP contribution in [0.25, 0.3) is 0 Å². The van der Waals surface area contributed by atoms with Crippen molar-refractivity contribution in [3.8, 4) is 0 Å². The Labute approximate surface area is 271 Å². The van der Waals surface area contributed by atoms with E-state index in [0.717, 1.165) is 29.5 Å². The summed E-state index contributed by atoms with van der Waals surface area (Å²) in [5.41, 5.74) is -0.774. The van der Waals surface area contributed by atoms with E-state index in [1.54, 1.807) is 42.5 Å². The molecule has 12 heteroatoms. The van der Waals surface area contributed by atoms with Gasteiger partial charge in [0.1, 0.15) is 18.4 Å². The lowest BCUT2D eigenvalue weighted by Crippen LogP contribution is -2.53. The van der Waals surface area contributed by atoms with E-state index in [1.807, 2.05) is 6.92 Å². The number of benzene rings is 4. The first kappa shape index (κ1) is 35.1. The van der Waals surface area contributed by atoms with E-state index in [1.165, 1.54) is 42.5 Å². The van der Waals surface area contributed by atoms with Crippen molar-refractivity contribution in [3.63, 3.8) is 0 Å². The lowest BCUT2D eigenvalue weighted by atomic mass is 10.0. The molecule has 4 aromatic carbocycles. The fourth-order valence-electron chi connectivity index (χ4n) is 4.96. The summed E-state index contributed by atoms with van der Waals surface area (Å²) in [7, 11) is -4.60. The van der Waals surface area contributed by atoms with Crippen molar-refractivity contribution in [2.45, 2.75) is 49.8 Å². The summed E-state index contributed by atoms with van der Waals surface area (Å²) in [6, 6.07) is 23.9. The zero-order valence-electron chi connectivity index (χ0n) is 25.7. The zero-order valence-corrected chi connectivity index (χ0v) is 26.5. The van der Waals surface area contributed by atoms with Gasteiger partial charge in [0.05, 0.1) is 16.1 Å². The number of rotatable bonds is 14.